The zero-order valence-electron chi connectivity index (χ0n) is 10.3. The van der Waals surface area contributed by atoms with Crippen molar-refractivity contribution in [3.8, 4) is 0 Å². The number of hydrogen-bond acceptors (Lipinski definition) is 5. The Balaban J connectivity index is 2.05. The third kappa shape index (κ3) is 1.76. The predicted molar refractivity (Wildman–Crippen MR) is 67.8 cm³/mol. The summed E-state index contributed by atoms with van der Waals surface area (Å²) in [5, 5.41) is 2.98. The summed E-state index contributed by atoms with van der Waals surface area (Å²) >= 11 is 0. The molecule has 96 valence electrons. The summed E-state index contributed by atoms with van der Waals surface area (Å²) in [5.41, 5.74) is 6.50. The smallest absolute Gasteiger partial charge is 0.274 e. The van der Waals surface area contributed by atoms with E-state index >= 15 is 0 Å². The van der Waals surface area contributed by atoms with Crippen molar-refractivity contribution in [3.05, 3.63) is 22.1 Å². The Labute approximate surface area is 104 Å². The van der Waals surface area contributed by atoms with Gasteiger partial charge >= 0.3 is 0 Å². The van der Waals surface area contributed by atoms with Crippen molar-refractivity contribution in [1.82, 2.24) is 19.6 Å². The fourth-order valence-corrected chi connectivity index (χ4v) is 2.22. The zero-order valence-corrected chi connectivity index (χ0v) is 10.3. The third-order valence-electron chi connectivity index (χ3n) is 3.26. The number of nitrogens with two attached hydrogens (primary N) is 1. The first-order valence-electron chi connectivity index (χ1n) is 6.16. The fraction of sp³-hybridized carbons (Fsp3) is 0.545. The van der Waals surface area contributed by atoms with Crippen molar-refractivity contribution in [1.29, 1.82) is 0 Å². The number of aromatic nitrogens is 4. The Morgan fingerprint density at radius 2 is 2.39 bits per heavy atom. The molecule has 2 aromatic heterocycles. The van der Waals surface area contributed by atoms with Gasteiger partial charge in [0.15, 0.2) is 0 Å². The van der Waals surface area contributed by atoms with Gasteiger partial charge in [-0.2, -0.15) is 9.50 Å². The number of fused-ring (bicyclic) bond motifs is 1. The normalized spacial score (nSPS) is 19.9. The van der Waals surface area contributed by atoms with Gasteiger partial charge in [-0.05, 0) is 12.8 Å². The molecular formula is C11H16N6O. The molecule has 3 rings (SSSR count). The molecule has 0 unspecified atom stereocenters. The largest absolute Gasteiger partial charge is 0.340 e. The maximum absolute atomic E-state index is 11.9. The Kier molecular flexibility index (Phi) is 2.55. The number of nitrogens with one attached hydrogen (secondary N) is 1. The van der Waals surface area contributed by atoms with E-state index in [0.717, 1.165) is 31.6 Å². The van der Waals surface area contributed by atoms with Crippen LogP contribution in [0.3, 0.4) is 0 Å². The van der Waals surface area contributed by atoms with E-state index in [4.69, 9.17) is 5.73 Å². The second-order valence-corrected chi connectivity index (χ2v) is 4.62. The van der Waals surface area contributed by atoms with Gasteiger partial charge in [0, 0.05) is 30.9 Å². The van der Waals surface area contributed by atoms with Crippen LogP contribution in [0.2, 0.25) is 0 Å². The molecule has 7 nitrogen and oxygen atoms in total. The molecule has 0 radical (unpaired) electrons. The van der Waals surface area contributed by atoms with E-state index in [1.54, 1.807) is 0 Å². The third-order valence-corrected chi connectivity index (χ3v) is 3.26. The number of hydrogen-bond donors (Lipinski definition) is 2. The topological polar surface area (TPSA) is 92.3 Å². The standard InChI is InChI=1S/C11H16N6O/c1-2-8-5-9(18)17-10(13-8)14-11(15-17)16-4-3-7(12)6-16/h5,7H,2-4,6,12H2,1H3,(H,13,14,15)/t7-/m0/s1. The Bertz CT molecular complexity index is 630. The zero-order chi connectivity index (χ0) is 12.7. The fourth-order valence-electron chi connectivity index (χ4n) is 2.22. The maximum atomic E-state index is 11.9. The summed E-state index contributed by atoms with van der Waals surface area (Å²) < 4.78 is 1.37. The number of nitrogens with zero attached hydrogens (tertiary/aromatic N) is 4. The van der Waals surface area contributed by atoms with Crippen LogP contribution < -0.4 is 16.2 Å². The van der Waals surface area contributed by atoms with Gasteiger partial charge in [0.25, 0.3) is 11.3 Å². The van der Waals surface area contributed by atoms with Gasteiger partial charge in [-0.1, -0.05) is 6.92 Å². The molecule has 0 aliphatic carbocycles. The summed E-state index contributed by atoms with van der Waals surface area (Å²) in [4.78, 5) is 22.6. The van der Waals surface area contributed by atoms with Crippen LogP contribution in [0, 0.1) is 0 Å². The van der Waals surface area contributed by atoms with Gasteiger partial charge in [-0.25, -0.2) is 4.98 Å². The van der Waals surface area contributed by atoms with Crippen LogP contribution in [-0.4, -0.2) is 38.7 Å². The van der Waals surface area contributed by atoms with Crippen LogP contribution in [-0.2, 0) is 6.42 Å². The molecule has 1 fully saturated rings. The van der Waals surface area contributed by atoms with E-state index in [2.05, 4.69) is 15.1 Å². The molecule has 1 saturated heterocycles. The van der Waals surface area contributed by atoms with Crippen LogP contribution in [0.4, 0.5) is 5.95 Å². The van der Waals surface area contributed by atoms with Gasteiger partial charge in [-0.3, -0.25) is 9.89 Å². The van der Waals surface area contributed by atoms with Crippen molar-refractivity contribution >= 4 is 11.7 Å². The van der Waals surface area contributed by atoms with Gasteiger partial charge in [-0.15, -0.1) is 0 Å². The molecule has 3 N–H and O–H groups in total. The molecule has 7 heteroatoms. The summed E-state index contributed by atoms with van der Waals surface area (Å²) in [7, 11) is 0. The summed E-state index contributed by atoms with van der Waals surface area (Å²) in [5.74, 6) is 1.09. The number of aromatic amines is 1. The van der Waals surface area contributed by atoms with Crippen LogP contribution in [0.5, 0.6) is 0 Å². The van der Waals surface area contributed by atoms with E-state index in [-0.39, 0.29) is 11.6 Å². The van der Waals surface area contributed by atoms with Crippen LogP contribution >= 0.6 is 0 Å². The van der Waals surface area contributed by atoms with Crippen molar-refractivity contribution < 1.29 is 0 Å². The Morgan fingerprint density at radius 1 is 1.56 bits per heavy atom. The van der Waals surface area contributed by atoms with Crippen molar-refractivity contribution in [2.24, 2.45) is 5.73 Å². The molecule has 0 saturated carbocycles. The number of aryl methyl sites for hydroxylation is 1. The Morgan fingerprint density at radius 3 is 3.06 bits per heavy atom. The van der Waals surface area contributed by atoms with E-state index in [9.17, 15) is 4.79 Å². The molecule has 3 heterocycles. The minimum absolute atomic E-state index is 0.126. The van der Waals surface area contributed by atoms with Crippen molar-refractivity contribution in [2.45, 2.75) is 25.8 Å². The van der Waals surface area contributed by atoms with Gasteiger partial charge in [0.2, 0.25) is 5.95 Å². The first-order chi connectivity index (χ1) is 8.67. The Hall–Kier alpha value is -1.89. The summed E-state index contributed by atoms with van der Waals surface area (Å²) in [6.07, 6.45) is 1.67. The molecule has 1 atom stereocenters. The highest BCUT2D eigenvalue weighted by molar-refractivity contribution is 5.40. The van der Waals surface area contributed by atoms with E-state index in [1.807, 2.05) is 11.8 Å². The number of rotatable bonds is 2. The molecule has 0 aromatic carbocycles. The van der Waals surface area contributed by atoms with Crippen LogP contribution in [0.25, 0.3) is 5.78 Å². The lowest BCUT2D eigenvalue weighted by Crippen LogP contribution is -2.27. The monoisotopic (exact) mass is 248 g/mol. The first kappa shape index (κ1) is 11.2. The highest BCUT2D eigenvalue weighted by atomic mass is 16.1. The van der Waals surface area contributed by atoms with Crippen molar-refractivity contribution in [3.63, 3.8) is 0 Å². The molecule has 1 aliphatic heterocycles. The second kappa shape index (κ2) is 4.09. The summed E-state index contributed by atoms with van der Waals surface area (Å²) in [6.45, 7) is 3.58. The minimum Gasteiger partial charge on any atom is -0.340 e. The van der Waals surface area contributed by atoms with Gasteiger partial charge in [0.1, 0.15) is 0 Å². The summed E-state index contributed by atoms with van der Waals surface area (Å²) in [6, 6.07) is 1.71. The molecule has 0 bridgehead atoms. The molecule has 2 aromatic rings. The van der Waals surface area contributed by atoms with E-state index in [0.29, 0.717) is 11.7 Å². The van der Waals surface area contributed by atoms with Gasteiger partial charge in [0.05, 0.1) is 0 Å². The number of anilines is 1. The van der Waals surface area contributed by atoms with Crippen molar-refractivity contribution in [2.75, 3.05) is 18.0 Å². The SMILES string of the molecule is CCc1cc(=O)n2[nH]c(N3CC[C@H](N)C3)nc2n1. The lowest BCUT2D eigenvalue weighted by atomic mass is 10.3. The predicted octanol–water partition coefficient (Wildman–Crippen LogP) is -0.483. The minimum atomic E-state index is -0.126. The molecule has 0 spiro atoms. The number of H-pyrrole nitrogens is 1. The first-order valence-corrected chi connectivity index (χ1v) is 6.16. The van der Waals surface area contributed by atoms with Crippen LogP contribution in [0.15, 0.2) is 10.9 Å². The van der Waals surface area contributed by atoms with E-state index < -0.39 is 0 Å². The molecule has 1 aliphatic rings. The highest BCUT2D eigenvalue weighted by Gasteiger charge is 2.22. The average molecular weight is 248 g/mol. The molecule has 18 heavy (non-hydrogen) atoms. The lowest BCUT2D eigenvalue weighted by Gasteiger charge is -2.12. The molecule has 0 amide bonds. The quantitative estimate of drug-likeness (QED) is 0.748. The highest BCUT2D eigenvalue weighted by Crippen LogP contribution is 2.15. The average Bonchev–Trinajstić information content (AvgIpc) is 2.94. The maximum Gasteiger partial charge on any atom is 0.274 e. The van der Waals surface area contributed by atoms with E-state index in [1.165, 1.54) is 10.6 Å². The molecular weight excluding hydrogens is 232 g/mol. The van der Waals surface area contributed by atoms with Crippen LogP contribution in [0.1, 0.15) is 19.0 Å². The lowest BCUT2D eigenvalue weighted by molar-refractivity contribution is 0.749. The second-order valence-electron chi connectivity index (χ2n) is 4.62. The van der Waals surface area contributed by atoms with Gasteiger partial charge < -0.3 is 10.6 Å².